The third-order valence-corrected chi connectivity index (χ3v) is 2.77. The van der Waals surface area contributed by atoms with Crippen LogP contribution in [0.2, 0.25) is 0 Å². The number of nitrogens with one attached hydrogen (secondary N) is 1. The van der Waals surface area contributed by atoms with E-state index in [0.717, 1.165) is 18.8 Å². The van der Waals surface area contributed by atoms with Crippen LogP contribution in [0.5, 0.6) is 0 Å². The van der Waals surface area contributed by atoms with Gasteiger partial charge in [-0.1, -0.05) is 13.8 Å². The van der Waals surface area contributed by atoms with Gasteiger partial charge in [0.2, 0.25) is 0 Å². The van der Waals surface area contributed by atoms with Crippen LogP contribution in [0, 0.1) is 5.92 Å². The number of hydrogen-bond donors (Lipinski definition) is 1. The third kappa shape index (κ3) is 4.66. The van der Waals surface area contributed by atoms with Crippen LogP contribution in [0.3, 0.4) is 0 Å². The Kier molecular flexibility index (Phi) is 6.15. The van der Waals surface area contributed by atoms with Crippen LogP contribution in [-0.2, 0) is 11.3 Å². The van der Waals surface area contributed by atoms with Gasteiger partial charge in [0.15, 0.2) is 0 Å². The minimum absolute atomic E-state index is 0.241. The van der Waals surface area contributed by atoms with E-state index >= 15 is 0 Å². The zero-order chi connectivity index (χ0) is 13.5. The molecule has 1 N–H and O–H groups in total. The topological polar surface area (TPSA) is 50.5 Å². The highest BCUT2D eigenvalue weighted by Crippen LogP contribution is 2.14. The van der Waals surface area contributed by atoms with Gasteiger partial charge in [-0.2, -0.15) is 4.98 Å². The van der Waals surface area contributed by atoms with Gasteiger partial charge in [-0.05, 0) is 19.4 Å². The van der Waals surface area contributed by atoms with Crippen molar-refractivity contribution in [3.8, 4) is 0 Å². The standard InChI is InChI=1S/C13H25N3O2/c1-10(2)6-14-7-12-9-18-13(15-12)16(4)11(3)8-17-5/h9-11,14H,6-8H2,1-5H3. The van der Waals surface area contributed by atoms with Gasteiger partial charge in [0, 0.05) is 20.7 Å². The Morgan fingerprint density at radius 1 is 1.44 bits per heavy atom. The summed E-state index contributed by atoms with van der Waals surface area (Å²) in [4.78, 5) is 6.43. The maximum absolute atomic E-state index is 5.47. The molecule has 0 amide bonds. The summed E-state index contributed by atoms with van der Waals surface area (Å²) in [6, 6.07) is 0.881. The van der Waals surface area contributed by atoms with E-state index in [2.05, 4.69) is 31.1 Å². The molecule has 1 unspecified atom stereocenters. The number of rotatable bonds is 8. The van der Waals surface area contributed by atoms with Crippen LogP contribution in [-0.4, -0.2) is 38.3 Å². The molecule has 1 aromatic rings. The highest BCUT2D eigenvalue weighted by molar-refractivity contribution is 5.27. The van der Waals surface area contributed by atoms with Gasteiger partial charge in [-0.15, -0.1) is 0 Å². The number of ether oxygens (including phenoxy) is 1. The fourth-order valence-electron chi connectivity index (χ4n) is 1.57. The SMILES string of the molecule is COCC(C)N(C)c1nc(CNCC(C)C)co1. The van der Waals surface area contributed by atoms with Crippen LogP contribution >= 0.6 is 0 Å². The number of hydrogen-bond acceptors (Lipinski definition) is 5. The molecule has 18 heavy (non-hydrogen) atoms. The van der Waals surface area contributed by atoms with Crippen LogP contribution < -0.4 is 10.2 Å². The van der Waals surface area contributed by atoms with Crippen LogP contribution in [0.15, 0.2) is 10.7 Å². The van der Waals surface area contributed by atoms with Gasteiger partial charge < -0.3 is 19.4 Å². The van der Waals surface area contributed by atoms with Gasteiger partial charge in [-0.25, -0.2) is 0 Å². The van der Waals surface area contributed by atoms with Crippen molar-refractivity contribution in [2.45, 2.75) is 33.4 Å². The van der Waals surface area contributed by atoms with Crippen LogP contribution in [0.25, 0.3) is 0 Å². The molecule has 0 fully saturated rings. The van der Waals surface area contributed by atoms with Crippen LogP contribution in [0.4, 0.5) is 6.01 Å². The lowest BCUT2D eigenvalue weighted by Gasteiger charge is -2.21. The summed E-state index contributed by atoms with van der Waals surface area (Å²) in [5.74, 6) is 0.640. The van der Waals surface area contributed by atoms with Crippen molar-refractivity contribution in [3.63, 3.8) is 0 Å². The summed E-state index contributed by atoms with van der Waals surface area (Å²) in [6.45, 7) is 8.82. The highest BCUT2D eigenvalue weighted by atomic mass is 16.5. The molecule has 0 spiro atoms. The quantitative estimate of drug-likeness (QED) is 0.769. The molecule has 1 aromatic heterocycles. The minimum Gasteiger partial charge on any atom is -0.432 e. The Balaban J connectivity index is 2.46. The average molecular weight is 255 g/mol. The van der Waals surface area contributed by atoms with E-state index in [9.17, 15) is 0 Å². The first-order valence-electron chi connectivity index (χ1n) is 6.41. The second-order valence-corrected chi connectivity index (χ2v) is 5.06. The molecule has 0 aliphatic carbocycles. The largest absolute Gasteiger partial charge is 0.432 e. The molecule has 104 valence electrons. The van der Waals surface area contributed by atoms with Gasteiger partial charge in [0.05, 0.1) is 18.3 Å². The molecule has 0 aromatic carbocycles. The number of likely N-dealkylation sites (N-methyl/N-ethyl adjacent to an activating group) is 1. The second kappa shape index (κ2) is 7.38. The number of methoxy groups -OCH3 is 1. The third-order valence-electron chi connectivity index (χ3n) is 2.77. The number of nitrogens with zero attached hydrogens (tertiary/aromatic N) is 2. The van der Waals surface area contributed by atoms with Gasteiger partial charge in [-0.3, -0.25) is 0 Å². The number of anilines is 1. The van der Waals surface area contributed by atoms with Crippen molar-refractivity contribution in [1.29, 1.82) is 0 Å². The molecule has 1 atom stereocenters. The summed E-state index contributed by atoms with van der Waals surface area (Å²) in [5.41, 5.74) is 0.933. The van der Waals surface area contributed by atoms with Crippen molar-refractivity contribution in [2.24, 2.45) is 5.92 Å². The van der Waals surface area contributed by atoms with E-state index in [1.165, 1.54) is 0 Å². The van der Waals surface area contributed by atoms with Crippen LogP contribution in [0.1, 0.15) is 26.5 Å². The lowest BCUT2D eigenvalue weighted by atomic mass is 10.2. The molecule has 5 nitrogen and oxygen atoms in total. The molecule has 0 aliphatic rings. The van der Waals surface area contributed by atoms with Gasteiger partial charge in [0.1, 0.15) is 6.26 Å². The molecule has 1 rings (SSSR count). The maximum Gasteiger partial charge on any atom is 0.297 e. The molecule has 0 bridgehead atoms. The summed E-state index contributed by atoms with van der Waals surface area (Å²) >= 11 is 0. The van der Waals surface area contributed by atoms with Gasteiger partial charge in [0.25, 0.3) is 6.01 Å². The lowest BCUT2D eigenvalue weighted by molar-refractivity contribution is 0.181. The van der Waals surface area contributed by atoms with Crippen molar-refractivity contribution in [1.82, 2.24) is 10.3 Å². The van der Waals surface area contributed by atoms with Crippen molar-refractivity contribution >= 4 is 6.01 Å². The first-order chi connectivity index (χ1) is 8.54. The van der Waals surface area contributed by atoms with E-state index in [-0.39, 0.29) is 6.04 Å². The lowest BCUT2D eigenvalue weighted by Crippen LogP contribution is -2.32. The van der Waals surface area contributed by atoms with Crippen molar-refractivity contribution in [3.05, 3.63) is 12.0 Å². The van der Waals surface area contributed by atoms with Gasteiger partial charge >= 0.3 is 0 Å². The molecule has 0 saturated carbocycles. The summed E-state index contributed by atoms with van der Waals surface area (Å²) in [7, 11) is 3.65. The summed E-state index contributed by atoms with van der Waals surface area (Å²) < 4.78 is 10.6. The molecular weight excluding hydrogens is 230 g/mol. The monoisotopic (exact) mass is 255 g/mol. The molecule has 0 radical (unpaired) electrons. The van der Waals surface area contributed by atoms with E-state index < -0.39 is 0 Å². The number of aromatic nitrogens is 1. The Labute approximate surface area is 110 Å². The zero-order valence-corrected chi connectivity index (χ0v) is 12.1. The fraction of sp³-hybridized carbons (Fsp3) is 0.769. The van der Waals surface area contributed by atoms with E-state index in [4.69, 9.17) is 9.15 Å². The predicted molar refractivity (Wildman–Crippen MR) is 72.8 cm³/mol. The zero-order valence-electron chi connectivity index (χ0n) is 12.1. The summed E-state index contributed by atoms with van der Waals surface area (Å²) in [6.07, 6.45) is 1.71. The highest BCUT2D eigenvalue weighted by Gasteiger charge is 2.14. The molecule has 0 saturated heterocycles. The molecule has 5 heteroatoms. The van der Waals surface area contributed by atoms with E-state index in [1.807, 2.05) is 11.9 Å². The minimum atomic E-state index is 0.241. The maximum atomic E-state index is 5.47. The Morgan fingerprint density at radius 2 is 2.17 bits per heavy atom. The molecular formula is C13H25N3O2. The predicted octanol–water partition coefficient (Wildman–Crippen LogP) is 1.89. The average Bonchev–Trinajstić information content (AvgIpc) is 2.76. The second-order valence-electron chi connectivity index (χ2n) is 5.06. The van der Waals surface area contributed by atoms with E-state index in [0.29, 0.717) is 18.5 Å². The normalized spacial score (nSPS) is 13.0. The Bertz CT molecular complexity index is 339. The summed E-state index contributed by atoms with van der Waals surface area (Å²) in [5, 5.41) is 3.34. The van der Waals surface area contributed by atoms with E-state index in [1.54, 1.807) is 13.4 Å². The first-order valence-corrected chi connectivity index (χ1v) is 6.41. The molecule has 0 aliphatic heterocycles. The Morgan fingerprint density at radius 3 is 2.78 bits per heavy atom. The van der Waals surface area contributed by atoms with Crippen molar-refractivity contribution in [2.75, 3.05) is 32.2 Å². The Hall–Kier alpha value is -1.07. The number of oxazole rings is 1. The first kappa shape index (κ1) is 15.0. The molecule has 1 heterocycles. The fourth-order valence-corrected chi connectivity index (χ4v) is 1.57. The van der Waals surface area contributed by atoms with Crippen molar-refractivity contribution < 1.29 is 9.15 Å². The smallest absolute Gasteiger partial charge is 0.297 e.